The molecular weight excluding hydrogens is 232 g/mol. The minimum Gasteiger partial charge on any atom is -0.339 e. The summed E-state index contributed by atoms with van der Waals surface area (Å²) in [6, 6.07) is 1.87. The van der Waals surface area contributed by atoms with Gasteiger partial charge in [-0.25, -0.2) is 4.98 Å². The standard InChI is InChI=1S/C12H18N4O2/c1-14(2)10-7-16(8-10)12(18)4-6-15-9-13-5-3-11(15)17/h3,5,9-10H,4,6-8H2,1-2H3. The number of carbonyl (C=O) groups is 1. The van der Waals surface area contributed by atoms with Crippen molar-refractivity contribution in [3.05, 3.63) is 28.9 Å². The number of nitrogens with zero attached hydrogens (tertiary/aromatic N) is 4. The molecule has 0 bridgehead atoms. The zero-order valence-corrected chi connectivity index (χ0v) is 10.7. The fourth-order valence-electron chi connectivity index (χ4n) is 1.91. The molecule has 6 nitrogen and oxygen atoms in total. The molecule has 1 aliphatic rings. The van der Waals surface area contributed by atoms with E-state index in [0.29, 0.717) is 19.0 Å². The molecule has 0 unspecified atom stereocenters. The number of amides is 1. The van der Waals surface area contributed by atoms with Crippen LogP contribution in [0.25, 0.3) is 0 Å². The molecule has 0 radical (unpaired) electrons. The quantitative estimate of drug-likeness (QED) is 0.716. The smallest absolute Gasteiger partial charge is 0.253 e. The summed E-state index contributed by atoms with van der Waals surface area (Å²) in [5.41, 5.74) is -0.118. The predicted octanol–water partition coefficient (Wildman–Crippen LogP) is -0.594. The maximum absolute atomic E-state index is 11.8. The summed E-state index contributed by atoms with van der Waals surface area (Å²) in [4.78, 5) is 31.1. The molecule has 1 saturated heterocycles. The van der Waals surface area contributed by atoms with Gasteiger partial charge in [-0.2, -0.15) is 0 Å². The second-order valence-corrected chi connectivity index (χ2v) is 4.78. The van der Waals surface area contributed by atoms with Gasteiger partial charge < -0.3 is 9.80 Å². The lowest BCUT2D eigenvalue weighted by atomic mass is 10.1. The fourth-order valence-corrected chi connectivity index (χ4v) is 1.91. The lowest BCUT2D eigenvalue weighted by Crippen LogP contribution is -2.59. The predicted molar refractivity (Wildman–Crippen MR) is 67.2 cm³/mol. The average molecular weight is 250 g/mol. The minimum absolute atomic E-state index is 0.101. The van der Waals surface area contributed by atoms with Crippen molar-refractivity contribution in [1.82, 2.24) is 19.4 Å². The summed E-state index contributed by atoms with van der Waals surface area (Å²) in [6.07, 6.45) is 3.28. The summed E-state index contributed by atoms with van der Waals surface area (Å²) in [7, 11) is 4.03. The molecule has 1 aromatic rings. The van der Waals surface area contributed by atoms with Crippen LogP contribution in [0.1, 0.15) is 6.42 Å². The third-order valence-corrected chi connectivity index (χ3v) is 3.30. The van der Waals surface area contributed by atoms with E-state index in [9.17, 15) is 9.59 Å². The number of aryl methyl sites for hydroxylation is 1. The van der Waals surface area contributed by atoms with Gasteiger partial charge in [-0.15, -0.1) is 0 Å². The van der Waals surface area contributed by atoms with Crippen molar-refractivity contribution >= 4 is 5.91 Å². The van der Waals surface area contributed by atoms with E-state index >= 15 is 0 Å². The molecule has 0 spiro atoms. The van der Waals surface area contributed by atoms with E-state index in [1.165, 1.54) is 23.2 Å². The molecule has 0 saturated carbocycles. The summed E-state index contributed by atoms with van der Waals surface area (Å²) in [6.45, 7) is 1.97. The highest BCUT2D eigenvalue weighted by Crippen LogP contribution is 2.13. The Morgan fingerprint density at radius 3 is 2.83 bits per heavy atom. The number of likely N-dealkylation sites (N-methyl/N-ethyl adjacent to an activating group) is 1. The maximum atomic E-state index is 11.8. The van der Waals surface area contributed by atoms with E-state index in [-0.39, 0.29) is 11.5 Å². The van der Waals surface area contributed by atoms with Crippen molar-refractivity contribution in [3.63, 3.8) is 0 Å². The average Bonchev–Trinajstić information content (AvgIpc) is 2.25. The van der Waals surface area contributed by atoms with Crippen LogP contribution in [0, 0.1) is 0 Å². The summed E-state index contributed by atoms with van der Waals surface area (Å²) in [5, 5.41) is 0. The molecule has 1 fully saturated rings. The Morgan fingerprint density at radius 1 is 1.50 bits per heavy atom. The van der Waals surface area contributed by atoms with Crippen LogP contribution in [0.4, 0.5) is 0 Å². The van der Waals surface area contributed by atoms with E-state index < -0.39 is 0 Å². The number of carbonyl (C=O) groups excluding carboxylic acids is 1. The Bertz CT molecular complexity index is 477. The first-order valence-corrected chi connectivity index (χ1v) is 6.02. The Kier molecular flexibility index (Phi) is 3.76. The molecule has 6 heteroatoms. The van der Waals surface area contributed by atoms with Gasteiger partial charge in [0.05, 0.1) is 6.33 Å². The number of aromatic nitrogens is 2. The molecule has 0 aromatic carbocycles. The molecule has 18 heavy (non-hydrogen) atoms. The Balaban J connectivity index is 1.80. The summed E-state index contributed by atoms with van der Waals surface area (Å²) in [5.74, 6) is 0.101. The van der Waals surface area contributed by atoms with Crippen LogP contribution in [0.5, 0.6) is 0 Å². The molecule has 2 heterocycles. The van der Waals surface area contributed by atoms with Crippen molar-refractivity contribution in [2.45, 2.75) is 19.0 Å². The van der Waals surface area contributed by atoms with Crippen molar-refractivity contribution < 1.29 is 4.79 Å². The molecule has 1 aromatic heterocycles. The fraction of sp³-hybridized carbons (Fsp3) is 0.583. The number of rotatable bonds is 4. The monoisotopic (exact) mass is 250 g/mol. The van der Waals surface area contributed by atoms with Gasteiger partial charge in [0.2, 0.25) is 5.91 Å². The topological polar surface area (TPSA) is 58.4 Å². The van der Waals surface area contributed by atoms with E-state index in [4.69, 9.17) is 0 Å². The van der Waals surface area contributed by atoms with E-state index in [1.807, 2.05) is 19.0 Å². The highest BCUT2D eigenvalue weighted by atomic mass is 16.2. The molecular formula is C12H18N4O2. The first kappa shape index (κ1) is 12.8. The van der Waals surface area contributed by atoms with Gasteiger partial charge in [0.1, 0.15) is 0 Å². The van der Waals surface area contributed by atoms with Crippen LogP contribution in [0.3, 0.4) is 0 Å². The Labute approximate surface area is 106 Å². The second-order valence-electron chi connectivity index (χ2n) is 4.78. The van der Waals surface area contributed by atoms with Gasteiger partial charge in [-0.3, -0.25) is 14.2 Å². The van der Waals surface area contributed by atoms with Crippen molar-refractivity contribution in [2.75, 3.05) is 27.2 Å². The normalized spacial score (nSPS) is 15.8. The van der Waals surface area contributed by atoms with Gasteiger partial charge >= 0.3 is 0 Å². The number of likely N-dealkylation sites (tertiary alicyclic amines) is 1. The van der Waals surface area contributed by atoms with Crippen LogP contribution in [0.2, 0.25) is 0 Å². The SMILES string of the molecule is CN(C)C1CN(C(=O)CCn2cnccc2=O)C1. The first-order chi connectivity index (χ1) is 8.58. The third-order valence-electron chi connectivity index (χ3n) is 3.30. The summed E-state index contributed by atoms with van der Waals surface area (Å²) < 4.78 is 1.46. The van der Waals surface area contributed by atoms with Crippen LogP contribution < -0.4 is 5.56 Å². The first-order valence-electron chi connectivity index (χ1n) is 6.02. The highest BCUT2D eigenvalue weighted by Gasteiger charge is 2.31. The van der Waals surface area contributed by atoms with E-state index in [2.05, 4.69) is 9.88 Å². The third kappa shape index (κ3) is 2.76. The number of hydrogen-bond donors (Lipinski definition) is 0. The largest absolute Gasteiger partial charge is 0.339 e. The lowest BCUT2D eigenvalue weighted by molar-refractivity contribution is -0.138. The molecule has 1 aliphatic heterocycles. The van der Waals surface area contributed by atoms with E-state index in [1.54, 1.807) is 0 Å². The molecule has 0 N–H and O–H groups in total. The zero-order chi connectivity index (χ0) is 13.1. The summed E-state index contributed by atoms with van der Waals surface area (Å²) >= 11 is 0. The van der Waals surface area contributed by atoms with Crippen molar-refractivity contribution in [1.29, 1.82) is 0 Å². The molecule has 0 aliphatic carbocycles. The zero-order valence-electron chi connectivity index (χ0n) is 10.7. The van der Waals surface area contributed by atoms with E-state index in [0.717, 1.165) is 13.1 Å². The molecule has 1 amide bonds. The lowest BCUT2D eigenvalue weighted by Gasteiger charge is -2.42. The van der Waals surface area contributed by atoms with Gasteiger partial charge in [-0.1, -0.05) is 0 Å². The number of hydrogen-bond acceptors (Lipinski definition) is 4. The maximum Gasteiger partial charge on any atom is 0.253 e. The van der Waals surface area contributed by atoms with Crippen LogP contribution in [-0.2, 0) is 11.3 Å². The molecule has 0 atom stereocenters. The van der Waals surface area contributed by atoms with Gasteiger partial charge in [0.15, 0.2) is 0 Å². The Hall–Kier alpha value is -1.69. The van der Waals surface area contributed by atoms with Crippen molar-refractivity contribution in [3.8, 4) is 0 Å². The molecule has 2 rings (SSSR count). The van der Waals surface area contributed by atoms with Crippen LogP contribution >= 0.6 is 0 Å². The van der Waals surface area contributed by atoms with Gasteiger partial charge in [0, 0.05) is 44.4 Å². The highest BCUT2D eigenvalue weighted by molar-refractivity contribution is 5.77. The Morgan fingerprint density at radius 2 is 2.22 bits per heavy atom. The van der Waals surface area contributed by atoms with Crippen molar-refractivity contribution in [2.24, 2.45) is 0 Å². The van der Waals surface area contributed by atoms with Crippen LogP contribution in [0.15, 0.2) is 23.4 Å². The van der Waals surface area contributed by atoms with Gasteiger partial charge in [0.25, 0.3) is 5.56 Å². The van der Waals surface area contributed by atoms with Gasteiger partial charge in [-0.05, 0) is 14.1 Å². The second kappa shape index (κ2) is 5.30. The molecule has 98 valence electrons. The van der Waals surface area contributed by atoms with Crippen LogP contribution in [-0.4, -0.2) is 58.5 Å². The minimum atomic E-state index is -0.118.